The van der Waals surface area contributed by atoms with Crippen molar-refractivity contribution in [2.75, 3.05) is 0 Å². The fraction of sp³-hybridized carbons (Fsp3) is 0.0526. The molecular formula is C19H14BrCl. The average Bonchev–Trinajstić information content (AvgIpc) is 2.56. The lowest BCUT2D eigenvalue weighted by atomic mass is 10.00. The Morgan fingerprint density at radius 3 is 1.67 bits per heavy atom. The maximum atomic E-state index is 6.54. The minimum absolute atomic E-state index is 0.106. The second-order valence-electron chi connectivity index (χ2n) is 4.90. The molecule has 0 nitrogen and oxygen atoms in total. The zero-order chi connectivity index (χ0) is 14.7. The van der Waals surface area contributed by atoms with Crippen molar-refractivity contribution in [3.8, 4) is 11.1 Å². The number of rotatable bonds is 3. The van der Waals surface area contributed by atoms with Crippen molar-refractivity contribution in [2.45, 2.75) is 5.38 Å². The lowest BCUT2D eigenvalue weighted by Crippen LogP contribution is -1.92. The molecule has 1 unspecified atom stereocenters. The Morgan fingerprint density at radius 2 is 1.10 bits per heavy atom. The smallest absolute Gasteiger partial charge is 0.0835 e. The topological polar surface area (TPSA) is 0 Å². The molecule has 1 atom stereocenters. The molecule has 0 amide bonds. The van der Waals surface area contributed by atoms with Gasteiger partial charge in [0.05, 0.1) is 5.38 Å². The van der Waals surface area contributed by atoms with Crippen LogP contribution in [0.5, 0.6) is 0 Å². The fourth-order valence-corrected chi connectivity index (χ4v) is 2.86. The molecule has 0 spiro atoms. The van der Waals surface area contributed by atoms with Crippen LogP contribution in [0.2, 0.25) is 0 Å². The van der Waals surface area contributed by atoms with E-state index >= 15 is 0 Å². The first kappa shape index (κ1) is 14.4. The van der Waals surface area contributed by atoms with E-state index in [0.717, 1.165) is 15.6 Å². The highest BCUT2D eigenvalue weighted by atomic mass is 79.9. The lowest BCUT2D eigenvalue weighted by molar-refractivity contribution is 1.14. The van der Waals surface area contributed by atoms with Crippen molar-refractivity contribution >= 4 is 27.5 Å². The van der Waals surface area contributed by atoms with E-state index in [-0.39, 0.29) is 5.38 Å². The summed E-state index contributed by atoms with van der Waals surface area (Å²) in [6, 6.07) is 26.9. The normalized spacial score (nSPS) is 12.1. The minimum atomic E-state index is -0.106. The molecule has 21 heavy (non-hydrogen) atoms. The van der Waals surface area contributed by atoms with Gasteiger partial charge in [-0.1, -0.05) is 82.7 Å². The fourth-order valence-electron chi connectivity index (χ4n) is 2.30. The van der Waals surface area contributed by atoms with Gasteiger partial charge in [0, 0.05) is 4.47 Å². The van der Waals surface area contributed by atoms with Gasteiger partial charge in [0.2, 0.25) is 0 Å². The van der Waals surface area contributed by atoms with Gasteiger partial charge in [-0.15, -0.1) is 11.6 Å². The summed E-state index contributed by atoms with van der Waals surface area (Å²) in [5.41, 5.74) is 4.64. The van der Waals surface area contributed by atoms with Crippen LogP contribution in [-0.4, -0.2) is 0 Å². The van der Waals surface area contributed by atoms with Gasteiger partial charge in [-0.25, -0.2) is 0 Å². The van der Waals surface area contributed by atoms with Gasteiger partial charge in [-0.2, -0.15) is 0 Å². The largest absolute Gasteiger partial charge is 0.113 e. The Morgan fingerprint density at radius 1 is 0.619 bits per heavy atom. The zero-order valence-corrected chi connectivity index (χ0v) is 13.7. The van der Waals surface area contributed by atoms with Crippen molar-refractivity contribution in [1.29, 1.82) is 0 Å². The van der Waals surface area contributed by atoms with E-state index in [2.05, 4.69) is 76.6 Å². The van der Waals surface area contributed by atoms with Crippen molar-refractivity contribution in [2.24, 2.45) is 0 Å². The molecule has 0 fully saturated rings. The summed E-state index contributed by atoms with van der Waals surface area (Å²) >= 11 is 10.0. The molecule has 3 aromatic rings. The first-order valence-corrected chi connectivity index (χ1v) is 8.02. The molecule has 0 aliphatic rings. The van der Waals surface area contributed by atoms with E-state index in [4.69, 9.17) is 11.6 Å². The number of hydrogen-bond donors (Lipinski definition) is 0. The Balaban J connectivity index is 1.85. The minimum Gasteiger partial charge on any atom is -0.113 e. The van der Waals surface area contributed by atoms with Crippen molar-refractivity contribution in [3.05, 3.63) is 94.5 Å². The van der Waals surface area contributed by atoms with Gasteiger partial charge in [0.15, 0.2) is 0 Å². The number of benzene rings is 3. The van der Waals surface area contributed by atoms with Crippen molar-refractivity contribution in [3.63, 3.8) is 0 Å². The van der Waals surface area contributed by atoms with Crippen LogP contribution in [0.3, 0.4) is 0 Å². The van der Waals surface area contributed by atoms with Crippen LogP contribution < -0.4 is 0 Å². The molecule has 0 N–H and O–H groups in total. The monoisotopic (exact) mass is 356 g/mol. The standard InChI is InChI=1S/C19H14BrCl/c20-18-12-10-15(11-13-18)14-6-8-17(9-7-14)19(21)16-4-2-1-3-5-16/h1-13,19H. The van der Waals surface area contributed by atoms with Crippen LogP contribution in [0.1, 0.15) is 16.5 Å². The van der Waals surface area contributed by atoms with Gasteiger partial charge in [0.1, 0.15) is 0 Å². The van der Waals surface area contributed by atoms with E-state index in [1.165, 1.54) is 11.1 Å². The Kier molecular flexibility index (Phi) is 4.42. The van der Waals surface area contributed by atoms with Gasteiger partial charge in [-0.05, 0) is 34.4 Å². The predicted molar refractivity (Wildman–Crippen MR) is 93.7 cm³/mol. The number of hydrogen-bond acceptors (Lipinski definition) is 0. The molecule has 0 heterocycles. The van der Waals surface area contributed by atoms with E-state index in [1.54, 1.807) is 0 Å². The van der Waals surface area contributed by atoms with Crippen LogP contribution in [0.25, 0.3) is 11.1 Å². The molecule has 104 valence electrons. The van der Waals surface area contributed by atoms with Crippen LogP contribution >= 0.6 is 27.5 Å². The van der Waals surface area contributed by atoms with Crippen LogP contribution in [0.15, 0.2) is 83.3 Å². The highest BCUT2D eigenvalue weighted by Gasteiger charge is 2.10. The third-order valence-corrected chi connectivity index (χ3v) is 4.51. The van der Waals surface area contributed by atoms with Gasteiger partial charge in [-0.3, -0.25) is 0 Å². The van der Waals surface area contributed by atoms with E-state index < -0.39 is 0 Å². The summed E-state index contributed by atoms with van der Waals surface area (Å²) in [6.07, 6.45) is 0. The highest BCUT2D eigenvalue weighted by molar-refractivity contribution is 9.10. The van der Waals surface area contributed by atoms with E-state index in [0.29, 0.717) is 0 Å². The molecule has 3 aromatic carbocycles. The molecule has 0 bridgehead atoms. The predicted octanol–water partition coefficient (Wildman–Crippen LogP) is 6.44. The summed E-state index contributed by atoms with van der Waals surface area (Å²) < 4.78 is 1.09. The SMILES string of the molecule is ClC(c1ccccc1)c1ccc(-c2ccc(Br)cc2)cc1. The Bertz CT molecular complexity index is 703. The van der Waals surface area contributed by atoms with Crippen molar-refractivity contribution < 1.29 is 0 Å². The highest BCUT2D eigenvalue weighted by Crippen LogP contribution is 2.30. The summed E-state index contributed by atoms with van der Waals surface area (Å²) in [5.74, 6) is 0. The zero-order valence-electron chi connectivity index (χ0n) is 11.3. The third kappa shape index (κ3) is 3.37. The molecule has 0 aromatic heterocycles. The molecule has 3 rings (SSSR count). The maximum Gasteiger partial charge on any atom is 0.0835 e. The third-order valence-electron chi connectivity index (χ3n) is 3.47. The Hall–Kier alpha value is -1.57. The molecule has 2 heteroatoms. The second-order valence-corrected chi connectivity index (χ2v) is 6.25. The van der Waals surface area contributed by atoms with Crippen LogP contribution in [-0.2, 0) is 0 Å². The quantitative estimate of drug-likeness (QED) is 0.473. The molecule has 0 radical (unpaired) electrons. The second kappa shape index (κ2) is 6.46. The van der Waals surface area contributed by atoms with E-state index in [9.17, 15) is 0 Å². The van der Waals surface area contributed by atoms with Crippen molar-refractivity contribution in [1.82, 2.24) is 0 Å². The first-order valence-electron chi connectivity index (χ1n) is 6.79. The molecule has 0 saturated carbocycles. The molecule has 0 aliphatic heterocycles. The van der Waals surface area contributed by atoms with Gasteiger partial charge < -0.3 is 0 Å². The maximum absolute atomic E-state index is 6.54. The molecular weight excluding hydrogens is 344 g/mol. The number of alkyl halides is 1. The molecule has 0 saturated heterocycles. The van der Waals surface area contributed by atoms with Crippen LogP contribution in [0, 0.1) is 0 Å². The van der Waals surface area contributed by atoms with Gasteiger partial charge >= 0.3 is 0 Å². The first-order chi connectivity index (χ1) is 10.2. The average molecular weight is 358 g/mol. The lowest BCUT2D eigenvalue weighted by Gasteiger charge is -2.11. The van der Waals surface area contributed by atoms with Crippen LogP contribution in [0.4, 0.5) is 0 Å². The Labute approximate surface area is 138 Å². The summed E-state index contributed by atoms with van der Waals surface area (Å²) in [4.78, 5) is 0. The summed E-state index contributed by atoms with van der Waals surface area (Å²) in [6.45, 7) is 0. The summed E-state index contributed by atoms with van der Waals surface area (Å²) in [7, 11) is 0. The van der Waals surface area contributed by atoms with Gasteiger partial charge in [0.25, 0.3) is 0 Å². The molecule has 0 aliphatic carbocycles. The van der Waals surface area contributed by atoms with E-state index in [1.807, 2.05) is 18.2 Å². The summed E-state index contributed by atoms with van der Waals surface area (Å²) in [5, 5.41) is -0.106. The number of halogens is 2.